The molecule has 0 fully saturated rings. The van der Waals surface area contributed by atoms with Crippen LogP contribution < -0.4 is 0 Å². The zero-order valence-corrected chi connectivity index (χ0v) is 8.99. The molecule has 0 aliphatic heterocycles. The van der Waals surface area contributed by atoms with Crippen LogP contribution in [-0.2, 0) is 6.54 Å². The average molecular weight is 184 g/mol. The lowest BCUT2D eigenvalue weighted by molar-refractivity contribution is 0.276. The lowest BCUT2D eigenvalue weighted by Crippen LogP contribution is -1.98. The number of aliphatic hydroxyl groups is 1. The van der Waals surface area contributed by atoms with Crippen molar-refractivity contribution < 1.29 is 5.11 Å². The third-order valence-corrected chi connectivity index (χ3v) is 1.60. The summed E-state index contributed by atoms with van der Waals surface area (Å²) >= 11 is 0. The molecule has 0 aromatic carbocycles. The van der Waals surface area contributed by atoms with E-state index < -0.39 is 0 Å². The Kier molecular flexibility index (Phi) is 6.24. The van der Waals surface area contributed by atoms with Gasteiger partial charge in [0.2, 0.25) is 0 Å². The van der Waals surface area contributed by atoms with Crippen LogP contribution in [0.25, 0.3) is 0 Å². The van der Waals surface area contributed by atoms with Gasteiger partial charge in [0.15, 0.2) is 0 Å². The first-order valence-electron chi connectivity index (χ1n) is 4.86. The Hall–Kier alpha value is -0.830. The molecule has 0 atom stereocenters. The maximum Gasteiger partial charge on any atom is 0.0950 e. The van der Waals surface area contributed by atoms with Crippen LogP contribution in [-0.4, -0.2) is 21.3 Å². The van der Waals surface area contributed by atoms with Crippen molar-refractivity contribution in [2.45, 2.75) is 40.2 Å². The summed E-state index contributed by atoms with van der Waals surface area (Å²) in [6, 6.07) is 0. The minimum atomic E-state index is 0.174. The number of aromatic nitrogens is 2. The summed E-state index contributed by atoms with van der Waals surface area (Å²) < 4.78 is 1.90. The fourth-order valence-electron chi connectivity index (χ4n) is 0.913. The fraction of sp³-hybridized carbons (Fsp3) is 0.700. The van der Waals surface area contributed by atoms with E-state index in [4.69, 9.17) is 5.11 Å². The van der Waals surface area contributed by atoms with Crippen LogP contribution >= 0.6 is 0 Å². The first kappa shape index (κ1) is 12.2. The largest absolute Gasteiger partial charge is 0.395 e. The van der Waals surface area contributed by atoms with Crippen molar-refractivity contribution in [2.24, 2.45) is 0 Å². The van der Waals surface area contributed by atoms with Crippen molar-refractivity contribution in [1.29, 1.82) is 0 Å². The monoisotopic (exact) mass is 184 g/mol. The molecule has 1 aromatic heterocycles. The maximum atomic E-state index is 8.62. The quantitative estimate of drug-likeness (QED) is 0.780. The molecule has 3 heteroatoms. The van der Waals surface area contributed by atoms with Gasteiger partial charge < -0.3 is 9.67 Å². The number of imidazole rings is 1. The Balaban J connectivity index is 0.000000671. The summed E-state index contributed by atoms with van der Waals surface area (Å²) in [6.45, 7) is 9.02. The summed E-state index contributed by atoms with van der Waals surface area (Å²) in [5.74, 6) is 0.468. The molecular formula is C10H20N2O. The molecule has 0 amide bonds. The van der Waals surface area contributed by atoms with Crippen LogP contribution in [0.1, 0.15) is 39.3 Å². The van der Waals surface area contributed by atoms with Crippen molar-refractivity contribution in [3.63, 3.8) is 0 Å². The molecule has 1 aromatic rings. The number of hydrogen-bond acceptors (Lipinski definition) is 2. The molecule has 0 bridgehead atoms. The highest BCUT2D eigenvalue weighted by Crippen LogP contribution is 2.09. The van der Waals surface area contributed by atoms with Gasteiger partial charge in [0.05, 0.1) is 18.6 Å². The summed E-state index contributed by atoms with van der Waals surface area (Å²) in [7, 11) is 0. The molecule has 0 spiro atoms. The van der Waals surface area contributed by atoms with Crippen molar-refractivity contribution in [2.75, 3.05) is 6.61 Å². The summed E-state index contributed by atoms with van der Waals surface area (Å²) in [5, 5.41) is 8.62. The van der Waals surface area contributed by atoms with Crippen molar-refractivity contribution >= 4 is 0 Å². The molecule has 0 radical (unpaired) electrons. The topological polar surface area (TPSA) is 38.0 Å². The van der Waals surface area contributed by atoms with Crippen molar-refractivity contribution in [3.8, 4) is 0 Å². The molecule has 1 rings (SSSR count). The van der Waals surface area contributed by atoms with Crippen molar-refractivity contribution in [1.82, 2.24) is 9.55 Å². The summed E-state index contributed by atoms with van der Waals surface area (Å²) in [6.07, 6.45) is 3.73. The van der Waals surface area contributed by atoms with E-state index in [0.29, 0.717) is 12.5 Å². The highest BCUT2D eigenvalue weighted by atomic mass is 16.3. The SMILES string of the molecule is CC.CC(C)c1cn(CCO)cn1. The highest BCUT2D eigenvalue weighted by Gasteiger charge is 2.01. The number of rotatable bonds is 3. The molecule has 0 unspecified atom stereocenters. The maximum absolute atomic E-state index is 8.62. The molecule has 0 saturated heterocycles. The van der Waals surface area contributed by atoms with E-state index in [1.165, 1.54) is 0 Å². The molecule has 0 aliphatic carbocycles. The molecule has 1 heterocycles. The lowest BCUT2D eigenvalue weighted by atomic mass is 10.2. The van der Waals surface area contributed by atoms with Gasteiger partial charge in [-0.25, -0.2) is 4.98 Å². The number of hydrogen-bond donors (Lipinski definition) is 1. The first-order valence-corrected chi connectivity index (χ1v) is 4.86. The standard InChI is InChI=1S/C8H14N2O.C2H6/c1-7(2)8-5-10(3-4-11)6-9-8;1-2/h5-7,11H,3-4H2,1-2H3;1-2H3. The zero-order chi connectivity index (χ0) is 10.3. The van der Waals surface area contributed by atoms with E-state index in [1.807, 2.05) is 24.6 Å². The van der Waals surface area contributed by atoms with Gasteiger partial charge in [-0.2, -0.15) is 0 Å². The Bertz CT molecular complexity index is 218. The van der Waals surface area contributed by atoms with E-state index in [2.05, 4.69) is 18.8 Å². The van der Waals surface area contributed by atoms with Crippen LogP contribution in [0.5, 0.6) is 0 Å². The van der Waals surface area contributed by atoms with Crippen LogP contribution in [0.3, 0.4) is 0 Å². The Morgan fingerprint density at radius 1 is 1.46 bits per heavy atom. The summed E-state index contributed by atoms with van der Waals surface area (Å²) in [4.78, 5) is 4.19. The van der Waals surface area contributed by atoms with Gasteiger partial charge in [0, 0.05) is 12.7 Å². The molecule has 76 valence electrons. The lowest BCUT2D eigenvalue weighted by Gasteiger charge is -1.97. The molecule has 3 nitrogen and oxygen atoms in total. The zero-order valence-electron chi connectivity index (χ0n) is 8.99. The normalized spacial score (nSPS) is 9.69. The van der Waals surface area contributed by atoms with Gasteiger partial charge in [0.25, 0.3) is 0 Å². The number of nitrogens with zero attached hydrogens (tertiary/aromatic N) is 2. The van der Waals surface area contributed by atoms with Gasteiger partial charge >= 0.3 is 0 Å². The van der Waals surface area contributed by atoms with Gasteiger partial charge in [-0.05, 0) is 5.92 Å². The minimum absolute atomic E-state index is 0.174. The fourth-order valence-corrected chi connectivity index (χ4v) is 0.913. The Morgan fingerprint density at radius 3 is 2.46 bits per heavy atom. The molecule has 1 N–H and O–H groups in total. The van der Waals surface area contributed by atoms with Gasteiger partial charge in [0.1, 0.15) is 0 Å². The molecule has 0 saturated carbocycles. The molecule has 0 aliphatic rings. The van der Waals surface area contributed by atoms with E-state index in [9.17, 15) is 0 Å². The van der Waals surface area contributed by atoms with Crippen molar-refractivity contribution in [3.05, 3.63) is 18.2 Å². The van der Waals surface area contributed by atoms with E-state index >= 15 is 0 Å². The second-order valence-corrected chi connectivity index (χ2v) is 2.91. The highest BCUT2D eigenvalue weighted by molar-refractivity contribution is 5.01. The van der Waals surface area contributed by atoms with E-state index in [-0.39, 0.29) is 6.61 Å². The predicted octanol–water partition coefficient (Wildman–Crippen LogP) is 2.02. The van der Waals surface area contributed by atoms with E-state index in [0.717, 1.165) is 5.69 Å². The Morgan fingerprint density at radius 2 is 2.08 bits per heavy atom. The third kappa shape index (κ3) is 4.08. The van der Waals surface area contributed by atoms with Crippen LogP contribution in [0, 0.1) is 0 Å². The molecular weight excluding hydrogens is 164 g/mol. The van der Waals surface area contributed by atoms with E-state index in [1.54, 1.807) is 6.33 Å². The van der Waals surface area contributed by atoms with Crippen LogP contribution in [0.15, 0.2) is 12.5 Å². The summed E-state index contributed by atoms with van der Waals surface area (Å²) in [5.41, 5.74) is 1.08. The predicted molar refractivity (Wildman–Crippen MR) is 54.7 cm³/mol. The van der Waals surface area contributed by atoms with Gasteiger partial charge in [-0.15, -0.1) is 0 Å². The second-order valence-electron chi connectivity index (χ2n) is 2.91. The smallest absolute Gasteiger partial charge is 0.0950 e. The first-order chi connectivity index (χ1) is 6.24. The minimum Gasteiger partial charge on any atom is -0.395 e. The van der Waals surface area contributed by atoms with Crippen LogP contribution in [0.4, 0.5) is 0 Å². The Labute approximate surface area is 80.4 Å². The molecule has 13 heavy (non-hydrogen) atoms. The number of aliphatic hydroxyl groups excluding tert-OH is 1. The van der Waals surface area contributed by atoms with Crippen LogP contribution in [0.2, 0.25) is 0 Å². The average Bonchev–Trinajstić information content (AvgIpc) is 2.57. The van der Waals surface area contributed by atoms with Gasteiger partial charge in [-0.3, -0.25) is 0 Å². The van der Waals surface area contributed by atoms with Gasteiger partial charge in [-0.1, -0.05) is 27.7 Å². The third-order valence-electron chi connectivity index (χ3n) is 1.60. The second kappa shape index (κ2) is 6.66.